The van der Waals surface area contributed by atoms with E-state index in [4.69, 9.17) is 4.74 Å². The molecule has 1 aliphatic rings. The molecule has 2 aromatic rings. The van der Waals surface area contributed by atoms with Crippen LogP contribution in [0.25, 0.3) is 0 Å². The van der Waals surface area contributed by atoms with Crippen molar-refractivity contribution < 1.29 is 9.13 Å². The fourth-order valence-corrected chi connectivity index (χ4v) is 3.10. The van der Waals surface area contributed by atoms with Gasteiger partial charge in [-0.05, 0) is 48.2 Å². The minimum Gasteiger partial charge on any atom is -0.494 e. The summed E-state index contributed by atoms with van der Waals surface area (Å²) in [6, 6.07) is 11.6. The van der Waals surface area contributed by atoms with E-state index in [-0.39, 0.29) is 17.6 Å². The molecule has 0 spiro atoms. The van der Waals surface area contributed by atoms with Crippen LogP contribution in [0.1, 0.15) is 23.6 Å². The summed E-state index contributed by atoms with van der Waals surface area (Å²) in [5.41, 5.74) is 3.43. The molecule has 2 nitrogen and oxygen atoms in total. The topological polar surface area (TPSA) is 21.3 Å². The van der Waals surface area contributed by atoms with E-state index in [1.165, 1.54) is 24.3 Å². The second-order valence-electron chi connectivity index (χ2n) is 4.93. The Morgan fingerprint density at radius 3 is 2.85 bits per heavy atom. The highest BCUT2D eigenvalue weighted by atomic mass is 79.9. The molecule has 0 bridgehead atoms. The lowest BCUT2D eigenvalue weighted by Gasteiger charge is -2.16. The summed E-state index contributed by atoms with van der Waals surface area (Å²) in [6.07, 6.45) is 2.07. The van der Waals surface area contributed by atoms with Gasteiger partial charge >= 0.3 is 0 Å². The predicted molar refractivity (Wildman–Crippen MR) is 81.8 cm³/mol. The van der Waals surface area contributed by atoms with Crippen molar-refractivity contribution in [2.45, 2.75) is 18.9 Å². The molecule has 0 saturated carbocycles. The van der Waals surface area contributed by atoms with Gasteiger partial charge in [-0.3, -0.25) is 0 Å². The van der Waals surface area contributed by atoms with Crippen LogP contribution in [0.5, 0.6) is 5.75 Å². The second-order valence-corrected chi connectivity index (χ2v) is 5.84. The van der Waals surface area contributed by atoms with Gasteiger partial charge in [0.1, 0.15) is 0 Å². The van der Waals surface area contributed by atoms with Crippen LogP contribution in [0, 0.1) is 5.82 Å². The smallest absolute Gasteiger partial charge is 0.167 e. The third-order valence-electron chi connectivity index (χ3n) is 3.68. The zero-order chi connectivity index (χ0) is 14.1. The maximum Gasteiger partial charge on any atom is 0.167 e. The number of benzene rings is 2. The molecule has 0 aliphatic heterocycles. The lowest BCUT2D eigenvalue weighted by molar-refractivity contribution is 0.386. The quantitative estimate of drug-likeness (QED) is 0.877. The highest BCUT2D eigenvalue weighted by molar-refractivity contribution is 9.10. The number of nitrogens with one attached hydrogen (secondary N) is 1. The molecule has 20 heavy (non-hydrogen) atoms. The van der Waals surface area contributed by atoms with Crippen molar-refractivity contribution in [3.05, 3.63) is 57.8 Å². The highest BCUT2D eigenvalue weighted by Gasteiger charge is 2.22. The molecule has 0 fully saturated rings. The van der Waals surface area contributed by atoms with Crippen molar-refractivity contribution in [3.8, 4) is 5.75 Å². The Kier molecular flexibility index (Phi) is 3.66. The van der Waals surface area contributed by atoms with Crippen LogP contribution in [0.15, 0.2) is 40.9 Å². The third kappa shape index (κ3) is 2.52. The number of fused-ring (bicyclic) bond motifs is 1. The van der Waals surface area contributed by atoms with Crippen LogP contribution >= 0.6 is 15.9 Å². The molecule has 0 amide bonds. The highest BCUT2D eigenvalue weighted by Crippen LogP contribution is 2.35. The molecule has 0 radical (unpaired) electrons. The van der Waals surface area contributed by atoms with Gasteiger partial charge in [0.15, 0.2) is 11.6 Å². The van der Waals surface area contributed by atoms with Crippen LogP contribution < -0.4 is 10.1 Å². The van der Waals surface area contributed by atoms with E-state index in [2.05, 4.69) is 33.4 Å². The van der Waals surface area contributed by atoms with Gasteiger partial charge in [-0.2, -0.15) is 0 Å². The van der Waals surface area contributed by atoms with Crippen LogP contribution in [0.2, 0.25) is 0 Å². The Bertz CT molecular complexity index is 644. The molecule has 1 unspecified atom stereocenters. The average molecular weight is 336 g/mol. The van der Waals surface area contributed by atoms with Gasteiger partial charge in [-0.1, -0.05) is 22.0 Å². The Morgan fingerprint density at radius 1 is 1.25 bits per heavy atom. The maximum absolute atomic E-state index is 13.7. The lowest BCUT2D eigenvalue weighted by atomic mass is 10.1. The van der Waals surface area contributed by atoms with Crippen molar-refractivity contribution in [1.29, 1.82) is 0 Å². The van der Waals surface area contributed by atoms with E-state index in [0.29, 0.717) is 0 Å². The van der Waals surface area contributed by atoms with E-state index >= 15 is 0 Å². The summed E-state index contributed by atoms with van der Waals surface area (Å²) in [4.78, 5) is 0. The molecule has 1 aliphatic carbocycles. The molecule has 0 heterocycles. The summed E-state index contributed by atoms with van der Waals surface area (Å²) in [7, 11) is 1.47. The number of methoxy groups -OCH3 is 1. The van der Waals surface area contributed by atoms with Gasteiger partial charge < -0.3 is 10.1 Å². The Hall–Kier alpha value is -1.55. The first kappa shape index (κ1) is 13.4. The van der Waals surface area contributed by atoms with Gasteiger partial charge in [-0.15, -0.1) is 0 Å². The fraction of sp³-hybridized carbons (Fsp3) is 0.250. The van der Waals surface area contributed by atoms with E-state index in [1.807, 2.05) is 12.1 Å². The number of rotatable bonds is 3. The van der Waals surface area contributed by atoms with Crippen molar-refractivity contribution in [2.24, 2.45) is 0 Å². The minimum atomic E-state index is -0.341. The standard InChI is InChI=1S/C16H15BrFNO/c1-20-16-7-4-12(9-14(16)18)19-15-6-2-10-8-11(17)3-5-13(10)15/h3-5,7-9,15,19H,2,6H2,1H3. The van der Waals surface area contributed by atoms with Gasteiger partial charge in [-0.25, -0.2) is 4.39 Å². The first-order valence-corrected chi connectivity index (χ1v) is 7.35. The molecule has 1 atom stereocenters. The lowest BCUT2D eigenvalue weighted by Crippen LogP contribution is -2.07. The van der Waals surface area contributed by atoms with Gasteiger partial charge in [0.25, 0.3) is 0 Å². The molecule has 3 rings (SSSR count). The largest absolute Gasteiger partial charge is 0.494 e. The molecule has 1 N–H and O–H groups in total. The second kappa shape index (κ2) is 5.44. The third-order valence-corrected chi connectivity index (χ3v) is 4.17. The van der Waals surface area contributed by atoms with E-state index < -0.39 is 0 Å². The molecule has 2 aromatic carbocycles. The Labute approximate surface area is 126 Å². The molecular weight excluding hydrogens is 321 g/mol. The SMILES string of the molecule is COc1ccc(NC2CCc3cc(Br)ccc32)cc1F. The van der Waals surface area contributed by atoms with Crippen molar-refractivity contribution in [2.75, 3.05) is 12.4 Å². The van der Waals surface area contributed by atoms with Crippen molar-refractivity contribution in [1.82, 2.24) is 0 Å². The average Bonchev–Trinajstić information content (AvgIpc) is 2.81. The first-order valence-electron chi connectivity index (χ1n) is 6.56. The van der Waals surface area contributed by atoms with Gasteiger partial charge in [0.05, 0.1) is 13.2 Å². The van der Waals surface area contributed by atoms with E-state index in [9.17, 15) is 4.39 Å². The number of aryl methyl sites for hydroxylation is 1. The summed E-state index contributed by atoms with van der Waals surface area (Å²) >= 11 is 3.49. The zero-order valence-electron chi connectivity index (χ0n) is 11.1. The minimum absolute atomic E-state index is 0.242. The number of ether oxygens (including phenoxy) is 1. The van der Waals surface area contributed by atoms with Crippen LogP contribution in [-0.2, 0) is 6.42 Å². The Morgan fingerprint density at radius 2 is 2.10 bits per heavy atom. The van der Waals surface area contributed by atoms with Crippen molar-refractivity contribution in [3.63, 3.8) is 0 Å². The summed E-state index contributed by atoms with van der Waals surface area (Å²) < 4.78 is 19.7. The van der Waals surface area contributed by atoms with Crippen molar-refractivity contribution >= 4 is 21.6 Å². The molecule has 104 valence electrons. The summed E-state index contributed by atoms with van der Waals surface area (Å²) in [6.45, 7) is 0. The first-order chi connectivity index (χ1) is 9.67. The number of anilines is 1. The maximum atomic E-state index is 13.7. The Balaban J connectivity index is 1.82. The van der Waals surface area contributed by atoms with Crippen LogP contribution in [0.3, 0.4) is 0 Å². The van der Waals surface area contributed by atoms with Gasteiger partial charge in [0, 0.05) is 16.2 Å². The molecular formula is C16H15BrFNO. The monoisotopic (exact) mass is 335 g/mol. The number of halogens is 2. The summed E-state index contributed by atoms with van der Waals surface area (Å²) in [5, 5.41) is 3.40. The number of hydrogen-bond acceptors (Lipinski definition) is 2. The van der Waals surface area contributed by atoms with Crippen LogP contribution in [-0.4, -0.2) is 7.11 Å². The predicted octanol–water partition coefficient (Wildman–Crippen LogP) is 4.70. The molecule has 4 heteroatoms. The van der Waals surface area contributed by atoms with E-state index in [1.54, 1.807) is 6.07 Å². The fourth-order valence-electron chi connectivity index (χ4n) is 2.69. The number of hydrogen-bond donors (Lipinski definition) is 1. The zero-order valence-corrected chi connectivity index (χ0v) is 12.7. The van der Waals surface area contributed by atoms with Crippen LogP contribution in [0.4, 0.5) is 10.1 Å². The normalized spacial score (nSPS) is 16.9. The molecule has 0 aromatic heterocycles. The summed E-state index contributed by atoms with van der Waals surface area (Å²) in [5.74, 6) is -0.0715. The van der Waals surface area contributed by atoms with Gasteiger partial charge in [0.2, 0.25) is 0 Å². The van der Waals surface area contributed by atoms with E-state index in [0.717, 1.165) is 23.0 Å². The molecule has 0 saturated heterocycles.